The Labute approximate surface area is 197 Å². The first-order valence-corrected chi connectivity index (χ1v) is 11.7. The van der Waals surface area contributed by atoms with Gasteiger partial charge in [-0.1, -0.05) is 29.3 Å². The molecule has 5 nitrogen and oxygen atoms in total. The molecular formula is C25H26Cl2N4O. The number of aromatic nitrogens is 3. The molecule has 0 bridgehead atoms. The largest absolute Gasteiger partial charge is 0.505 e. The number of rotatable bonds is 3. The highest BCUT2D eigenvalue weighted by Crippen LogP contribution is 2.39. The normalized spacial score (nSPS) is 19.3. The molecule has 2 aromatic carbocycles. The van der Waals surface area contributed by atoms with Gasteiger partial charge in [0.2, 0.25) is 0 Å². The topological polar surface area (TPSA) is 54.2 Å². The number of hydrogen-bond donors (Lipinski definition) is 1. The fourth-order valence-corrected chi connectivity index (χ4v) is 5.57. The number of pyridine rings is 1. The van der Waals surface area contributed by atoms with E-state index in [2.05, 4.69) is 41.5 Å². The average Bonchev–Trinajstić information content (AvgIpc) is 3.13. The van der Waals surface area contributed by atoms with Crippen molar-refractivity contribution in [3.8, 4) is 16.9 Å². The second kappa shape index (κ2) is 8.22. The number of phenolic OH excluding ortho intramolecular Hbond substituents is 1. The lowest BCUT2D eigenvalue weighted by Crippen LogP contribution is -2.33. The Bertz CT molecular complexity index is 1300. The Hall–Kier alpha value is -2.34. The molecule has 1 aliphatic rings. The number of aryl methyl sites for hydroxylation is 1. The van der Waals surface area contributed by atoms with Crippen LogP contribution in [-0.2, 0) is 0 Å². The van der Waals surface area contributed by atoms with Crippen LogP contribution in [0.5, 0.6) is 5.75 Å². The summed E-state index contributed by atoms with van der Waals surface area (Å²) < 4.78 is 2.42. The Balaban J connectivity index is 1.65. The lowest BCUT2D eigenvalue weighted by Gasteiger charge is -2.34. The molecule has 32 heavy (non-hydrogen) atoms. The Morgan fingerprint density at radius 2 is 1.66 bits per heavy atom. The summed E-state index contributed by atoms with van der Waals surface area (Å²) in [5, 5.41) is 11.5. The first kappa shape index (κ1) is 21.5. The number of hydrogen-bond acceptors (Lipinski definition) is 4. The van der Waals surface area contributed by atoms with Crippen LogP contribution in [0.1, 0.15) is 37.5 Å². The van der Waals surface area contributed by atoms with Gasteiger partial charge in [0.15, 0.2) is 5.75 Å². The minimum atomic E-state index is -0.0936. The fourth-order valence-electron chi connectivity index (χ4n) is 5.08. The van der Waals surface area contributed by atoms with E-state index in [0.29, 0.717) is 12.1 Å². The van der Waals surface area contributed by atoms with Crippen LogP contribution in [0.25, 0.3) is 33.1 Å². The zero-order chi connectivity index (χ0) is 22.6. The monoisotopic (exact) mass is 468 g/mol. The molecule has 166 valence electrons. The highest BCUT2D eigenvalue weighted by molar-refractivity contribution is 6.37. The van der Waals surface area contributed by atoms with E-state index >= 15 is 0 Å². The molecule has 0 unspecified atom stereocenters. The van der Waals surface area contributed by atoms with E-state index in [1.165, 1.54) is 12.8 Å². The summed E-state index contributed by atoms with van der Waals surface area (Å²) in [5.74, 6) is 0.938. The van der Waals surface area contributed by atoms with Gasteiger partial charge in [0.1, 0.15) is 11.3 Å². The van der Waals surface area contributed by atoms with Crippen LogP contribution < -0.4 is 0 Å². The maximum Gasteiger partial charge on any atom is 0.152 e. The summed E-state index contributed by atoms with van der Waals surface area (Å²) in [6.07, 6.45) is 6.54. The molecule has 0 spiro atoms. The van der Waals surface area contributed by atoms with Crippen LogP contribution in [0, 0.1) is 6.92 Å². The van der Waals surface area contributed by atoms with E-state index < -0.39 is 0 Å². The third kappa shape index (κ3) is 3.62. The predicted molar refractivity (Wildman–Crippen MR) is 132 cm³/mol. The maximum absolute atomic E-state index is 9.94. The summed E-state index contributed by atoms with van der Waals surface area (Å²) in [7, 11) is 4.34. The molecule has 0 saturated heterocycles. The van der Waals surface area contributed by atoms with Gasteiger partial charge in [-0.3, -0.25) is 4.98 Å². The third-order valence-electron chi connectivity index (χ3n) is 6.80. The molecule has 4 aromatic rings. The van der Waals surface area contributed by atoms with Crippen molar-refractivity contribution in [2.24, 2.45) is 0 Å². The number of fused-ring (bicyclic) bond motifs is 3. The van der Waals surface area contributed by atoms with Gasteiger partial charge in [-0.2, -0.15) is 0 Å². The minimum absolute atomic E-state index is 0.0936. The SMILES string of the molecule is Cc1nc2cnc3ccc(-c4cc(Cl)c(O)c(Cl)c4)cc3c2n1C1CCC(N(C)C)CC1. The van der Waals surface area contributed by atoms with Gasteiger partial charge in [-0.25, -0.2) is 4.98 Å². The molecular weight excluding hydrogens is 443 g/mol. The molecule has 1 fully saturated rings. The standard InChI is InChI=1S/C25H26Cl2N4O/c1-14-29-23-13-28-22-9-4-15(16-11-20(26)25(32)21(27)12-16)10-19(22)24(23)31(14)18-7-5-17(6-8-18)30(2)3/h4,9-13,17-18,32H,5-8H2,1-3H3. The quantitative estimate of drug-likeness (QED) is 0.367. The number of phenols is 1. The van der Waals surface area contributed by atoms with E-state index in [1.807, 2.05) is 18.3 Å². The van der Waals surface area contributed by atoms with Crippen molar-refractivity contribution in [1.29, 1.82) is 0 Å². The molecule has 0 amide bonds. The van der Waals surface area contributed by atoms with E-state index in [-0.39, 0.29) is 15.8 Å². The smallest absolute Gasteiger partial charge is 0.152 e. The molecule has 7 heteroatoms. The minimum Gasteiger partial charge on any atom is -0.505 e. The van der Waals surface area contributed by atoms with Crippen molar-refractivity contribution in [2.45, 2.75) is 44.7 Å². The third-order valence-corrected chi connectivity index (χ3v) is 7.38. The van der Waals surface area contributed by atoms with Gasteiger partial charge >= 0.3 is 0 Å². The van der Waals surface area contributed by atoms with Crippen molar-refractivity contribution in [2.75, 3.05) is 14.1 Å². The van der Waals surface area contributed by atoms with Gasteiger partial charge in [0.05, 0.1) is 27.3 Å². The Morgan fingerprint density at radius 1 is 0.969 bits per heavy atom. The fraction of sp³-hybridized carbons (Fsp3) is 0.360. The maximum atomic E-state index is 9.94. The number of halogens is 2. The van der Waals surface area contributed by atoms with Crippen molar-refractivity contribution >= 4 is 45.1 Å². The van der Waals surface area contributed by atoms with Crippen molar-refractivity contribution < 1.29 is 5.11 Å². The van der Waals surface area contributed by atoms with Crippen LogP contribution in [0.3, 0.4) is 0 Å². The predicted octanol–water partition coefficient (Wildman–Crippen LogP) is 6.62. The van der Waals surface area contributed by atoms with Crippen LogP contribution in [0.4, 0.5) is 0 Å². The first-order chi connectivity index (χ1) is 15.3. The second-order valence-corrected chi connectivity index (χ2v) is 9.78. The lowest BCUT2D eigenvalue weighted by atomic mass is 9.90. The first-order valence-electron chi connectivity index (χ1n) is 11.0. The van der Waals surface area contributed by atoms with Crippen molar-refractivity contribution in [1.82, 2.24) is 19.4 Å². The summed E-state index contributed by atoms with van der Waals surface area (Å²) in [6, 6.07) is 10.7. The van der Waals surface area contributed by atoms with Gasteiger partial charge in [-0.15, -0.1) is 0 Å². The molecule has 1 N–H and O–H groups in total. The number of nitrogens with zero attached hydrogens (tertiary/aromatic N) is 4. The molecule has 0 aliphatic heterocycles. The highest BCUT2D eigenvalue weighted by Gasteiger charge is 2.26. The molecule has 2 heterocycles. The number of imidazole rings is 1. The molecule has 0 atom stereocenters. The zero-order valence-corrected chi connectivity index (χ0v) is 20.0. The highest BCUT2D eigenvalue weighted by atomic mass is 35.5. The van der Waals surface area contributed by atoms with E-state index in [1.54, 1.807) is 12.1 Å². The Morgan fingerprint density at radius 3 is 2.31 bits per heavy atom. The van der Waals surface area contributed by atoms with Crippen LogP contribution in [0.15, 0.2) is 36.5 Å². The van der Waals surface area contributed by atoms with E-state index in [0.717, 1.165) is 51.7 Å². The zero-order valence-electron chi connectivity index (χ0n) is 18.4. The summed E-state index contributed by atoms with van der Waals surface area (Å²) in [5.41, 5.74) is 4.81. The summed E-state index contributed by atoms with van der Waals surface area (Å²) in [4.78, 5) is 11.8. The van der Waals surface area contributed by atoms with Crippen molar-refractivity contribution in [3.63, 3.8) is 0 Å². The van der Waals surface area contributed by atoms with Crippen LogP contribution in [-0.4, -0.2) is 44.7 Å². The van der Waals surface area contributed by atoms with Gasteiger partial charge < -0.3 is 14.6 Å². The molecule has 1 aliphatic carbocycles. The average molecular weight is 469 g/mol. The van der Waals surface area contributed by atoms with Gasteiger partial charge in [0, 0.05) is 17.5 Å². The van der Waals surface area contributed by atoms with Gasteiger partial charge in [0.25, 0.3) is 0 Å². The second-order valence-electron chi connectivity index (χ2n) is 8.97. The van der Waals surface area contributed by atoms with Gasteiger partial charge in [-0.05, 0) is 82.1 Å². The van der Waals surface area contributed by atoms with E-state index in [4.69, 9.17) is 28.2 Å². The molecule has 5 rings (SSSR count). The Kier molecular flexibility index (Phi) is 5.52. The van der Waals surface area contributed by atoms with Crippen molar-refractivity contribution in [3.05, 3.63) is 52.4 Å². The molecule has 0 radical (unpaired) electrons. The number of aromatic hydroxyl groups is 1. The number of benzene rings is 2. The van der Waals surface area contributed by atoms with E-state index in [9.17, 15) is 5.11 Å². The van der Waals surface area contributed by atoms with Crippen LogP contribution >= 0.6 is 23.2 Å². The lowest BCUT2D eigenvalue weighted by molar-refractivity contribution is 0.196. The molecule has 1 saturated carbocycles. The summed E-state index contributed by atoms with van der Waals surface area (Å²) in [6.45, 7) is 2.09. The molecule has 2 aromatic heterocycles. The van der Waals surface area contributed by atoms with Crippen LogP contribution in [0.2, 0.25) is 10.0 Å². The summed E-state index contributed by atoms with van der Waals surface area (Å²) >= 11 is 12.4.